The lowest BCUT2D eigenvalue weighted by Gasteiger charge is -2.37. The molecule has 1 aromatic heterocycles. The van der Waals surface area contributed by atoms with Crippen molar-refractivity contribution in [2.24, 2.45) is 5.92 Å². The van der Waals surface area contributed by atoms with Crippen molar-refractivity contribution < 1.29 is 24.3 Å². The van der Waals surface area contributed by atoms with Crippen molar-refractivity contribution in [3.63, 3.8) is 0 Å². The second kappa shape index (κ2) is 12.0. The molecule has 3 aromatic carbocycles. The van der Waals surface area contributed by atoms with Crippen LogP contribution >= 0.6 is 0 Å². The molecule has 40 heavy (non-hydrogen) atoms. The summed E-state index contributed by atoms with van der Waals surface area (Å²) in [5.41, 5.74) is 5.44. The maximum atomic E-state index is 13.1. The molecule has 1 saturated heterocycles. The molecule has 204 valence electrons. The van der Waals surface area contributed by atoms with Gasteiger partial charge in [0.2, 0.25) is 5.91 Å². The Labute approximate surface area is 231 Å². The summed E-state index contributed by atoms with van der Waals surface area (Å²) in [7, 11) is 0. The van der Waals surface area contributed by atoms with Gasteiger partial charge in [-0.15, -0.1) is 0 Å². The fraction of sp³-hybridized carbons (Fsp3) is 0.226. The number of nitrogens with one attached hydrogen (secondary N) is 2. The van der Waals surface area contributed by atoms with Crippen LogP contribution in [0.3, 0.4) is 0 Å². The van der Waals surface area contributed by atoms with Crippen molar-refractivity contribution in [2.45, 2.75) is 26.0 Å². The predicted molar refractivity (Wildman–Crippen MR) is 149 cm³/mol. The molecule has 9 heteroatoms. The quantitative estimate of drug-likeness (QED) is 0.243. The highest BCUT2D eigenvalue weighted by molar-refractivity contribution is 5.96. The van der Waals surface area contributed by atoms with Crippen LogP contribution in [0.4, 0.5) is 0 Å². The minimum atomic E-state index is -0.685. The third-order valence-corrected chi connectivity index (χ3v) is 7.12. The van der Waals surface area contributed by atoms with E-state index in [-0.39, 0.29) is 12.5 Å². The molecule has 3 N–H and O–H groups in total. The fourth-order valence-corrected chi connectivity index (χ4v) is 5.07. The number of piperidine rings is 1. The Hall–Kier alpha value is -4.76. The molecule has 9 nitrogen and oxygen atoms in total. The number of ether oxygens (including phenoxy) is 1. The molecule has 0 bridgehead atoms. The Kier molecular flexibility index (Phi) is 8.02. The van der Waals surface area contributed by atoms with Gasteiger partial charge in [0.25, 0.3) is 11.8 Å². The summed E-state index contributed by atoms with van der Waals surface area (Å²) in [4.78, 5) is 44.6. The van der Waals surface area contributed by atoms with Crippen molar-refractivity contribution in [3.05, 3.63) is 107 Å². The molecule has 2 atom stereocenters. The molecule has 0 aliphatic carbocycles. The van der Waals surface area contributed by atoms with E-state index in [9.17, 15) is 19.6 Å². The maximum absolute atomic E-state index is 13.1. The number of para-hydroxylation sites is 1. The predicted octanol–water partition coefficient (Wildman–Crippen LogP) is 3.89. The standard InChI is InChI=1S/C31H30N4O5/c1-20-17-23(25-9-5-6-10-27(25)32-20)19-40-24-13-11-21(12-14-24)29(36)33-28-18-35(16-15-26(28)30(37)34-39)31(38)22-7-3-2-4-8-22/h2-14,17,26,28,39H,15-16,18-19H2,1H3,(H,33,36)(H,34,37). The van der Waals surface area contributed by atoms with Gasteiger partial charge < -0.3 is 15.0 Å². The molecular formula is C31H30N4O5. The van der Waals surface area contributed by atoms with Crippen LogP contribution in [-0.4, -0.2) is 51.9 Å². The highest BCUT2D eigenvalue weighted by atomic mass is 16.5. The molecule has 2 heterocycles. The van der Waals surface area contributed by atoms with Crippen LogP contribution in [0.2, 0.25) is 0 Å². The van der Waals surface area contributed by atoms with E-state index in [2.05, 4.69) is 10.3 Å². The molecule has 4 aromatic rings. The highest BCUT2D eigenvalue weighted by Gasteiger charge is 2.37. The van der Waals surface area contributed by atoms with Crippen molar-refractivity contribution in [1.29, 1.82) is 0 Å². The molecule has 1 aliphatic rings. The average Bonchev–Trinajstić information content (AvgIpc) is 2.99. The second-order valence-electron chi connectivity index (χ2n) is 9.82. The first-order valence-corrected chi connectivity index (χ1v) is 13.1. The summed E-state index contributed by atoms with van der Waals surface area (Å²) in [6.07, 6.45) is 0.297. The number of carbonyl (C=O) groups is 3. The first-order chi connectivity index (χ1) is 19.4. The Balaban J connectivity index is 1.25. The first kappa shape index (κ1) is 26.8. The fourth-order valence-electron chi connectivity index (χ4n) is 5.07. The molecule has 0 spiro atoms. The number of hydroxylamine groups is 1. The maximum Gasteiger partial charge on any atom is 0.253 e. The third-order valence-electron chi connectivity index (χ3n) is 7.12. The molecule has 1 fully saturated rings. The zero-order chi connectivity index (χ0) is 28.1. The van der Waals surface area contributed by atoms with Gasteiger partial charge in [-0.2, -0.15) is 0 Å². The number of rotatable bonds is 7. The van der Waals surface area contributed by atoms with Crippen molar-refractivity contribution in [3.8, 4) is 5.75 Å². The summed E-state index contributed by atoms with van der Waals surface area (Å²) < 4.78 is 6.00. The SMILES string of the molecule is Cc1cc(COc2ccc(C(=O)NC3CN(C(=O)c4ccccc4)CCC3C(=O)NO)cc2)c2ccccc2n1. The average molecular weight is 539 g/mol. The minimum absolute atomic E-state index is 0.137. The zero-order valence-electron chi connectivity index (χ0n) is 22.0. The molecule has 3 amide bonds. The number of likely N-dealkylation sites (tertiary alicyclic amines) is 1. The van der Waals surface area contributed by atoms with Crippen molar-refractivity contribution >= 4 is 28.6 Å². The number of nitrogens with zero attached hydrogens (tertiary/aromatic N) is 2. The number of hydrogen-bond acceptors (Lipinski definition) is 6. The van der Waals surface area contributed by atoms with Gasteiger partial charge in [0.05, 0.1) is 17.5 Å². The lowest BCUT2D eigenvalue weighted by Crippen LogP contribution is -2.57. The monoisotopic (exact) mass is 538 g/mol. The van der Waals surface area contributed by atoms with E-state index in [1.165, 1.54) is 0 Å². The highest BCUT2D eigenvalue weighted by Crippen LogP contribution is 2.23. The minimum Gasteiger partial charge on any atom is -0.489 e. The van der Waals surface area contributed by atoms with E-state index in [0.29, 0.717) is 36.4 Å². The van der Waals surface area contributed by atoms with Gasteiger partial charge in [-0.3, -0.25) is 24.6 Å². The summed E-state index contributed by atoms with van der Waals surface area (Å²) in [5.74, 6) is -1.25. The topological polar surface area (TPSA) is 121 Å². The molecule has 1 aliphatic heterocycles. The van der Waals surface area contributed by atoms with Crippen LogP contribution in [0.15, 0.2) is 84.9 Å². The summed E-state index contributed by atoms with van der Waals surface area (Å²) in [5, 5.41) is 13.1. The summed E-state index contributed by atoms with van der Waals surface area (Å²) in [6, 6.07) is 24.8. The number of carbonyl (C=O) groups excluding carboxylic acids is 3. The summed E-state index contributed by atoms with van der Waals surface area (Å²) in [6.45, 7) is 2.76. The van der Waals surface area contributed by atoms with Gasteiger partial charge in [-0.1, -0.05) is 36.4 Å². The van der Waals surface area contributed by atoms with E-state index < -0.39 is 23.8 Å². The number of pyridine rings is 1. The second-order valence-corrected chi connectivity index (χ2v) is 9.82. The Bertz CT molecular complexity index is 1520. The Morgan fingerprint density at radius 2 is 1.70 bits per heavy atom. The van der Waals surface area contributed by atoms with Crippen LogP contribution < -0.4 is 15.5 Å². The van der Waals surface area contributed by atoms with Crippen LogP contribution in [0.25, 0.3) is 10.9 Å². The van der Waals surface area contributed by atoms with Gasteiger partial charge in [0, 0.05) is 40.9 Å². The largest absolute Gasteiger partial charge is 0.489 e. The first-order valence-electron chi connectivity index (χ1n) is 13.1. The Morgan fingerprint density at radius 1 is 0.975 bits per heavy atom. The Morgan fingerprint density at radius 3 is 2.45 bits per heavy atom. The van der Waals surface area contributed by atoms with Crippen LogP contribution in [0.5, 0.6) is 5.75 Å². The number of benzene rings is 3. The number of hydrogen-bond donors (Lipinski definition) is 3. The van der Waals surface area contributed by atoms with E-state index >= 15 is 0 Å². The third kappa shape index (κ3) is 5.94. The molecule has 0 saturated carbocycles. The zero-order valence-corrected chi connectivity index (χ0v) is 22.0. The molecule has 2 unspecified atom stereocenters. The molecule has 0 radical (unpaired) electrons. The van der Waals surface area contributed by atoms with E-state index in [1.807, 2.05) is 43.3 Å². The lowest BCUT2D eigenvalue weighted by molar-refractivity contribution is -0.135. The van der Waals surface area contributed by atoms with E-state index in [1.54, 1.807) is 58.9 Å². The van der Waals surface area contributed by atoms with Crippen LogP contribution in [-0.2, 0) is 11.4 Å². The van der Waals surface area contributed by atoms with Crippen molar-refractivity contribution in [1.82, 2.24) is 20.7 Å². The normalized spacial score (nSPS) is 16.8. The van der Waals surface area contributed by atoms with Gasteiger partial charge >= 0.3 is 0 Å². The van der Waals surface area contributed by atoms with E-state index in [4.69, 9.17) is 4.74 Å². The molecule has 5 rings (SSSR count). The number of aromatic nitrogens is 1. The smallest absolute Gasteiger partial charge is 0.253 e. The number of amides is 3. The van der Waals surface area contributed by atoms with Gasteiger partial charge in [-0.25, -0.2) is 5.48 Å². The number of fused-ring (bicyclic) bond motifs is 1. The van der Waals surface area contributed by atoms with Gasteiger partial charge in [0.1, 0.15) is 12.4 Å². The van der Waals surface area contributed by atoms with E-state index in [0.717, 1.165) is 22.2 Å². The molecular weight excluding hydrogens is 508 g/mol. The van der Waals surface area contributed by atoms with Crippen LogP contribution in [0, 0.1) is 12.8 Å². The van der Waals surface area contributed by atoms with Gasteiger partial charge in [0.15, 0.2) is 0 Å². The van der Waals surface area contributed by atoms with Gasteiger partial charge in [-0.05, 0) is 61.9 Å². The van der Waals surface area contributed by atoms with Crippen LogP contribution in [0.1, 0.15) is 38.4 Å². The summed E-state index contributed by atoms with van der Waals surface area (Å²) >= 11 is 0. The number of aryl methyl sites for hydroxylation is 1. The lowest BCUT2D eigenvalue weighted by atomic mass is 9.90. The van der Waals surface area contributed by atoms with Crippen molar-refractivity contribution in [2.75, 3.05) is 13.1 Å².